The monoisotopic (exact) mass is 466 g/mol. The summed E-state index contributed by atoms with van der Waals surface area (Å²) in [5.41, 5.74) is 0.821. The van der Waals surface area contributed by atoms with Gasteiger partial charge in [0.05, 0.1) is 24.5 Å². The molecule has 3 N–H and O–H groups in total. The Labute approximate surface area is 186 Å². The van der Waals surface area contributed by atoms with E-state index in [1.807, 2.05) is 25.8 Å². The third-order valence-electron chi connectivity index (χ3n) is 5.41. The highest BCUT2D eigenvalue weighted by Gasteiger charge is 2.36. The van der Waals surface area contributed by atoms with E-state index >= 15 is 0 Å². The number of alkyl halides is 3. The SMILES string of the molecule is Cc1nc(NCc2cnn(Cc3cnc(C(F)(F)F)c(F)c3)c2)nc2c1NC(O)[C@H](C)N2C. The molecule has 0 fully saturated rings. The Morgan fingerprint density at radius 2 is 1.97 bits per heavy atom. The Balaban J connectivity index is 1.43. The van der Waals surface area contributed by atoms with Gasteiger partial charge in [-0.25, -0.2) is 14.4 Å². The third-order valence-corrected chi connectivity index (χ3v) is 5.41. The van der Waals surface area contributed by atoms with Crippen LogP contribution in [0, 0.1) is 12.7 Å². The highest BCUT2D eigenvalue weighted by Crippen LogP contribution is 2.33. The molecule has 176 valence electrons. The van der Waals surface area contributed by atoms with Crippen LogP contribution in [0.4, 0.5) is 35.0 Å². The van der Waals surface area contributed by atoms with Crippen LogP contribution < -0.4 is 15.5 Å². The number of anilines is 3. The first-order chi connectivity index (χ1) is 15.5. The number of aliphatic hydroxyl groups excluding tert-OH is 1. The lowest BCUT2D eigenvalue weighted by Crippen LogP contribution is -2.48. The van der Waals surface area contributed by atoms with Crippen LogP contribution in [0.2, 0.25) is 0 Å². The number of hydrogen-bond donors (Lipinski definition) is 3. The fraction of sp³-hybridized carbons (Fsp3) is 0.400. The zero-order valence-electron chi connectivity index (χ0n) is 18.0. The van der Waals surface area contributed by atoms with Gasteiger partial charge >= 0.3 is 6.18 Å². The first kappa shape index (κ1) is 22.7. The van der Waals surface area contributed by atoms with Crippen molar-refractivity contribution in [1.82, 2.24) is 24.7 Å². The second-order valence-electron chi connectivity index (χ2n) is 7.84. The van der Waals surface area contributed by atoms with Gasteiger partial charge in [-0.05, 0) is 25.5 Å². The molecule has 1 aliphatic heterocycles. The molecule has 9 nitrogen and oxygen atoms in total. The van der Waals surface area contributed by atoms with Crippen molar-refractivity contribution < 1.29 is 22.7 Å². The van der Waals surface area contributed by atoms with E-state index in [-0.39, 0.29) is 18.2 Å². The standard InChI is InChI=1S/C20H22F4N8O/c1-10-15-17(31(3)11(2)18(33)29-15)30-19(28-10)26-6-13-7-27-32(9-13)8-12-4-14(21)16(25-5-12)20(22,23)24/h4-5,7,9,11,18,29,33H,6,8H2,1-3H3,(H,26,28,30)/t11-,18?/m0/s1. The molecule has 1 aliphatic rings. The highest BCUT2D eigenvalue weighted by atomic mass is 19.4. The summed E-state index contributed by atoms with van der Waals surface area (Å²) in [6, 6.07) is 0.629. The predicted molar refractivity (Wildman–Crippen MR) is 112 cm³/mol. The maximum Gasteiger partial charge on any atom is 0.436 e. The summed E-state index contributed by atoms with van der Waals surface area (Å²) in [5.74, 6) is -0.365. The molecule has 0 saturated heterocycles. The first-order valence-corrected chi connectivity index (χ1v) is 10.1. The zero-order chi connectivity index (χ0) is 23.9. The average molecular weight is 466 g/mol. The van der Waals surface area contributed by atoms with Crippen LogP contribution in [-0.4, -0.2) is 49.2 Å². The normalized spacial score (nSPS) is 18.1. The number of nitrogens with one attached hydrogen (secondary N) is 2. The summed E-state index contributed by atoms with van der Waals surface area (Å²) in [6.45, 7) is 4.09. The smallest absolute Gasteiger partial charge is 0.372 e. The number of likely N-dealkylation sites (N-methyl/N-ethyl adjacent to an activating group) is 1. The van der Waals surface area contributed by atoms with E-state index in [9.17, 15) is 22.7 Å². The Morgan fingerprint density at radius 3 is 2.67 bits per heavy atom. The molecule has 0 saturated carbocycles. The predicted octanol–water partition coefficient (Wildman–Crippen LogP) is 2.76. The van der Waals surface area contributed by atoms with Gasteiger partial charge < -0.3 is 20.6 Å². The minimum absolute atomic E-state index is 0.0627. The fourth-order valence-electron chi connectivity index (χ4n) is 3.46. The number of nitrogens with zero attached hydrogens (tertiary/aromatic N) is 6. The van der Waals surface area contributed by atoms with Crippen molar-refractivity contribution >= 4 is 17.5 Å². The maximum atomic E-state index is 13.7. The lowest BCUT2D eigenvalue weighted by Gasteiger charge is -2.37. The van der Waals surface area contributed by atoms with E-state index in [1.165, 1.54) is 4.68 Å². The molecule has 3 aromatic rings. The highest BCUT2D eigenvalue weighted by molar-refractivity contribution is 5.72. The van der Waals surface area contributed by atoms with Crippen LogP contribution in [0.25, 0.3) is 0 Å². The molecule has 0 radical (unpaired) electrons. The van der Waals surface area contributed by atoms with E-state index < -0.39 is 23.9 Å². The van der Waals surface area contributed by atoms with Gasteiger partial charge in [-0.1, -0.05) is 0 Å². The molecule has 2 atom stereocenters. The molecule has 4 rings (SSSR count). The Hall–Kier alpha value is -3.48. The lowest BCUT2D eigenvalue weighted by molar-refractivity contribution is -0.143. The van der Waals surface area contributed by atoms with Crippen LogP contribution in [0.1, 0.15) is 29.4 Å². The van der Waals surface area contributed by atoms with Crippen LogP contribution in [0.15, 0.2) is 24.7 Å². The van der Waals surface area contributed by atoms with Gasteiger partial charge in [-0.3, -0.25) is 4.68 Å². The molecule has 0 bridgehead atoms. The summed E-state index contributed by atoms with van der Waals surface area (Å²) >= 11 is 0. The van der Waals surface area contributed by atoms with Crippen molar-refractivity contribution in [3.05, 3.63) is 53.0 Å². The Bertz CT molecular complexity index is 1170. The number of aryl methyl sites for hydroxylation is 1. The number of aliphatic hydroxyl groups is 1. The molecule has 1 unspecified atom stereocenters. The number of hydrogen-bond acceptors (Lipinski definition) is 8. The molecule has 3 aromatic heterocycles. The zero-order valence-corrected chi connectivity index (χ0v) is 18.0. The number of aromatic nitrogens is 5. The van der Waals surface area contributed by atoms with Crippen LogP contribution in [-0.2, 0) is 19.3 Å². The van der Waals surface area contributed by atoms with Crippen molar-refractivity contribution in [2.24, 2.45) is 0 Å². The maximum absolute atomic E-state index is 13.7. The molecule has 0 spiro atoms. The van der Waals surface area contributed by atoms with Gasteiger partial charge in [0.25, 0.3) is 0 Å². The molecule has 4 heterocycles. The average Bonchev–Trinajstić information content (AvgIpc) is 3.18. The van der Waals surface area contributed by atoms with E-state index in [2.05, 4.69) is 30.7 Å². The van der Waals surface area contributed by atoms with Crippen molar-refractivity contribution in [2.75, 3.05) is 22.6 Å². The lowest BCUT2D eigenvalue weighted by atomic mass is 10.1. The number of rotatable bonds is 5. The Morgan fingerprint density at radius 1 is 1.21 bits per heavy atom. The third kappa shape index (κ3) is 4.67. The van der Waals surface area contributed by atoms with E-state index in [0.717, 1.165) is 17.8 Å². The van der Waals surface area contributed by atoms with Gasteiger partial charge in [-0.2, -0.15) is 23.3 Å². The molecular formula is C20H22F4N8O. The second kappa shape index (κ2) is 8.46. The van der Waals surface area contributed by atoms with Crippen molar-refractivity contribution in [1.29, 1.82) is 0 Å². The quantitative estimate of drug-likeness (QED) is 0.494. The number of pyridine rings is 1. The minimum Gasteiger partial charge on any atom is -0.372 e. The molecule has 33 heavy (non-hydrogen) atoms. The van der Waals surface area contributed by atoms with Gasteiger partial charge in [0, 0.05) is 31.5 Å². The van der Waals surface area contributed by atoms with Gasteiger partial charge in [-0.15, -0.1) is 0 Å². The summed E-state index contributed by atoms with van der Waals surface area (Å²) in [6.07, 6.45) is -1.33. The molecular weight excluding hydrogens is 444 g/mol. The largest absolute Gasteiger partial charge is 0.436 e. The topological polar surface area (TPSA) is 104 Å². The van der Waals surface area contributed by atoms with Gasteiger partial charge in [0.1, 0.15) is 11.9 Å². The summed E-state index contributed by atoms with van der Waals surface area (Å²) < 4.78 is 53.2. The van der Waals surface area contributed by atoms with Crippen LogP contribution >= 0.6 is 0 Å². The van der Waals surface area contributed by atoms with Gasteiger partial charge in [0.2, 0.25) is 5.95 Å². The van der Waals surface area contributed by atoms with E-state index in [1.54, 1.807) is 12.4 Å². The summed E-state index contributed by atoms with van der Waals surface area (Å²) in [5, 5.41) is 20.4. The van der Waals surface area contributed by atoms with E-state index in [0.29, 0.717) is 29.7 Å². The summed E-state index contributed by atoms with van der Waals surface area (Å²) in [7, 11) is 1.84. The molecule has 0 aliphatic carbocycles. The molecule has 0 amide bonds. The van der Waals surface area contributed by atoms with Crippen LogP contribution in [0.3, 0.4) is 0 Å². The van der Waals surface area contributed by atoms with Crippen molar-refractivity contribution in [3.8, 4) is 0 Å². The number of fused-ring (bicyclic) bond motifs is 1. The molecule has 13 heteroatoms. The molecule has 0 aromatic carbocycles. The van der Waals surface area contributed by atoms with Gasteiger partial charge in [0.15, 0.2) is 17.3 Å². The first-order valence-electron chi connectivity index (χ1n) is 10.1. The Kier molecular flexibility index (Phi) is 5.82. The minimum atomic E-state index is -4.84. The van der Waals surface area contributed by atoms with E-state index in [4.69, 9.17) is 0 Å². The van der Waals surface area contributed by atoms with Crippen LogP contribution in [0.5, 0.6) is 0 Å². The van der Waals surface area contributed by atoms with Crippen molar-refractivity contribution in [3.63, 3.8) is 0 Å². The number of halogens is 4. The fourth-order valence-corrected chi connectivity index (χ4v) is 3.46. The van der Waals surface area contributed by atoms with Crippen molar-refractivity contribution in [2.45, 2.75) is 45.4 Å². The summed E-state index contributed by atoms with van der Waals surface area (Å²) in [4.78, 5) is 14.0. The second-order valence-corrected chi connectivity index (χ2v) is 7.84.